The number of nitrogens with one attached hydrogen (secondary N) is 1. The molecule has 160 valence electrons. The maximum absolute atomic E-state index is 13.3. The largest absolute Gasteiger partial charge is 0.497 e. The van der Waals surface area contributed by atoms with E-state index in [1.54, 1.807) is 12.0 Å². The number of methoxy groups -OCH3 is 1. The van der Waals surface area contributed by atoms with E-state index in [9.17, 15) is 9.59 Å². The highest BCUT2D eigenvalue weighted by molar-refractivity contribution is 5.88. The zero-order valence-corrected chi connectivity index (χ0v) is 18.2. The molecule has 1 atom stereocenters. The van der Waals surface area contributed by atoms with Gasteiger partial charge in [0.2, 0.25) is 11.8 Å². The van der Waals surface area contributed by atoms with Gasteiger partial charge in [0.1, 0.15) is 11.8 Å². The lowest BCUT2D eigenvalue weighted by Crippen LogP contribution is -2.50. The number of nitrogens with zero attached hydrogens (tertiary/aromatic N) is 1. The first-order valence-corrected chi connectivity index (χ1v) is 10.7. The Bertz CT molecular complexity index is 874. The summed E-state index contributed by atoms with van der Waals surface area (Å²) in [5.74, 6) is 0.599. The fraction of sp³-hybridized carbons (Fsp3) is 0.440. The second-order valence-electron chi connectivity index (χ2n) is 8.20. The molecule has 0 spiro atoms. The van der Waals surface area contributed by atoms with Crippen LogP contribution in [-0.2, 0) is 22.6 Å². The van der Waals surface area contributed by atoms with Crippen molar-refractivity contribution in [1.29, 1.82) is 0 Å². The summed E-state index contributed by atoms with van der Waals surface area (Å²) in [7, 11) is 1.62. The fourth-order valence-corrected chi connectivity index (χ4v) is 4.04. The molecule has 3 rings (SSSR count). The summed E-state index contributed by atoms with van der Waals surface area (Å²) in [4.78, 5) is 27.9. The molecular weight excluding hydrogens is 376 g/mol. The lowest BCUT2D eigenvalue weighted by molar-refractivity contribution is -0.140. The van der Waals surface area contributed by atoms with Gasteiger partial charge in [-0.1, -0.05) is 54.8 Å². The zero-order valence-electron chi connectivity index (χ0n) is 18.2. The Kier molecular flexibility index (Phi) is 7.50. The number of ether oxygens (including phenoxy) is 1. The number of carbonyl (C=O) groups is 2. The number of carbonyl (C=O) groups excluding carboxylic acids is 2. The molecule has 2 amide bonds. The molecule has 1 aliphatic rings. The van der Waals surface area contributed by atoms with Gasteiger partial charge in [-0.2, -0.15) is 0 Å². The zero-order chi connectivity index (χ0) is 21.5. The van der Waals surface area contributed by atoms with E-state index in [0.29, 0.717) is 6.54 Å². The van der Waals surface area contributed by atoms with Crippen molar-refractivity contribution in [3.63, 3.8) is 0 Å². The molecule has 0 bridgehead atoms. The van der Waals surface area contributed by atoms with Crippen molar-refractivity contribution < 1.29 is 14.3 Å². The van der Waals surface area contributed by atoms with E-state index in [-0.39, 0.29) is 24.3 Å². The minimum atomic E-state index is -0.547. The Balaban J connectivity index is 1.78. The van der Waals surface area contributed by atoms with Crippen molar-refractivity contribution in [3.05, 3.63) is 65.2 Å². The van der Waals surface area contributed by atoms with Gasteiger partial charge in [0.05, 0.1) is 13.5 Å². The average molecular weight is 409 g/mol. The van der Waals surface area contributed by atoms with Gasteiger partial charge in [0.15, 0.2) is 0 Å². The molecule has 0 radical (unpaired) electrons. The molecule has 1 saturated carbocycles. The summed E-state index contributed by atoms with van der Waals surface area (Å²) in [6.45, 7) is 4.19. The Labute approximate surface area is 179 Å². The highest BCUT2D eigenvalue weighted by Crippen LogP contribution is 2.20. The molecular formula is C25H32N2O3. The second kappa shape index (κ2) is 10.3. The predicted molar refractivity (Wildman–Crippen MR) is 118 cm³/mol. The van der Waals surface area contributed by atoms with Gasteiger partial charge in [0.25, 0.3) is 0 Å². The van der Waals surface area contributed by atoms with Crippen LogP contribution in [-0.4, -0.2) is 35.9 Å². The second-order valence-corrected chi connectivity index (χ2v) is 8.20. The standard InChI is InChI=1S/C25H32N2O3/c1-18-8-6-9-20(14-18)16-24(28)27(17-21-10-7-13-23(15-21)30-3)19(2)25(29)26-22-11-4-5-12-22/h6-10,13-15,19,22H,4-5,11-12,16-17H2,1-3H3,(H,26,29)/t19-/m1/s1. The van der Waals surface area contributed by atoms with E-state index in [2.05, 4.69) is 5.32 Å². The predicted octanol–water partition coefficient (Wildman–Crippen LogP) is 4.02. The van der Waals surface area contributed by atoms with Crippen LogP contribution >= 0.6 is 0 Å². The minimum absolute atomic E-state index is 0.0579. The summed E-state index contributed by atoms with van der Waals surface area (Å²) in [6, 6.07) is 15.3. The Hall–Kier alpha value is -2.82. The summed E-state index contributed by atoms with van der Waals surface area (Å²) in [5.41, 5.74) is 3.01. The van der Waals surface area contributed by atoms with E-state index >= 15 is 0 Å². The van der Waals surface area contributed by atoms with Gasteiger partial charge >= 0.3 is 0 Å². The first-order valence-electron chi connectivity index (χ1n) is 10.7. The molecule has 5 nitrogen and oxygen atoms in total. The van der Waals surface area contributed by atoms with Crippen LogP contribution in [0.5, 0.6) is 5.75 Å². The maximum Gasteiger partial charge on any atom is 0.242 e. The molecule has 1 fully saturated rings. The Morgan fingerprint density at radius 3 is 2.50 bits per heavy atom. The van der Waals surface area contributed by atoms with Crippen LogP contribution in [0.2, 0.25) is 0 Å². The summed E-state index contributed by atoms with van der Waals surface area (Å²) >= 11 is 0. The van der Waals surface area contributed by atoms with Crippen LogP contribution in [0.4, 0.5) is 0 Å². The SMILES string of the molecule is COc1cccc(CN(C(=O)Cc2cccc(C)c2)[C@H](C)C(=O)NC2CCCC2)c1. The first kappa shape index (κ1) is 21.9. The first-order chi connectivity index (χ1) is 14.5. The van der Waals surface area contributed by atoms with Crippen LogP contribution in [0.1, 0.15) is 49.3 Å². The van der Waals surface area contributed by atoms with Crippen LogP contribution < -0.4 is 10.1 Å². The van der Waals surface area contributed by atoms with Crippen molar-refractivity contribution in [3.8, 4) is 5.75 Å². The van der Waals surface area contributed by atoms with Crippen LogP contribution in [0.3, 0.4) is 0 Å². The van der Waals surface area contributed by atoms with Crippen LogP contribution in [0, 0.1) is 6.92 Å². The summed E-state index contributed by atoms with van der Waals surface area (Å²) < 4.78 is 5.32. The minimum Gasteiger partial charge on any atom is -0.497 e. The number of amides is 2. The molecule has 1 aliphatic carbocycles. The van der Waals surface area contributed by atoms with Gasteiger partial charge in [-0.05, 0) is 49.9 Å². The van der Waals surface area contributed by atoms with Gasteiger partial charge in [0, 0.05) is 12.6 Å². The molecule has 2 aromatic rings. The van der Waals surface area contributed by atoms with E-state index < -0.39 is 6.04 Å². The van der Waals surface area contributed by atoms with Crippen molar-refractivity contribution in [1.82, 2.24) is 10.2 Å². The molecule has 1 N–H and O–H groups in total. The topological polar surface area (TPSA) is 58.6 Å². The van der Waals surface area contributed by atoms with Gasteiger partial charge < -0.3 is 15.0 Å². The third-order valence-electron chi connectivity index (χ3n) is 5.79. The molecule has 5 heteroatoms. The van der Waals surface area contributed by atoms with Crippen molar-refractivity contribution in [2.24, 2.45) is 0 Å². The van der Waals surface area contributed by atoms with Gasteiger partial charge in [-0.15, -0.1) is 0 Å². The van der Waals surface area contributed by atoms with Crippen LogP contribution in [0.15, 0.2) is 48.5 Å². The van der Waals surface area contributed by atoms with Crippen LogP contribution in [0.25, 0.3) is 0 Å². The molecule has 2 aromatic carbocycles. The number of benzene rings is 2. The monoisotopic (exact) mass is 408 g/mol. The Morgan fingerprint density at radius 1 is 1.10 bits per heavy atom. The summed E-state index contributed by atoms with van der Waals surface area (Å²) in [5, 5.41) is 3.14. The van der Waals surface area contributed by atoms with Crippen molar-refractivity contribution >= 4 is 11.8 Å². The van der Waals surface area contributed by atoms with Crippen molar-refractivity contribution in [2.45, 2.75) is 64.6 Å². The lowest BCUT2D eigenvalue weighted by atomic mass is 10.1. The molecule has 0 aromatic heterocycles. The molecule has 30 heavy (non-hydrogen) atoms. The maximum atomic E-state index is 13.3. The summed E-state index contributed by atoms with van der Waals surface area (Å²) in [6.07, 6.45) is 4.61. The number of rotatable bonds is 8. The van der Waals surface area contributed by atoms with Gasteiger partial charge in [-0.3, -0.25) is 9.59 Å². The normalized spacial score (nSPS) is 14.9. The molecule has 0 saturated heterocycles. The Morgan fingerprint density at radius 2 is 1.80 bits per heavy atom. The molecule has 0 aliphatic heterocycles. The quantitative estimate of drug-likeness (QED) is 0.718. The third kappa shape index (κ3) is 5.85. The third-order valence-corrected chi connectivity index (χ3v) is 5.79. The van der Waals surface area contributed by atoms with E-state index in [0.717, 1.165) is 48.1 Å². The number of aryl methyl sites for hydroxylation is 1. The smallest absolute Gasteiger partial charge is 0.242 e. The van der Waals surface area contributed by atoms with Crippen molar-refractivity contribution in [2.75, 3.05) is 7.11 Å². The number of hydrogen-bond acceptors (Lipinski definition) is 3. The van der Waals surface area contributed by atoms with E-state index in [1.165, 1.54) is 0 Å². The average Bonchev–Trinajstić information content (AvgIpc) is 3.24. The molecule has 0 heterocycles. The lowest BCUT2D eigenvalue weighted by Gasteiger charge is -2.30. The van der Waals surface area contributed by atoms with Gasteiger partial charge in [-0.25, -0.2) is 0 Å². The molecule has 0 unspecified atom stereocenters. The van der Waals surface area contributed by atoms with E-state index in [1.807, 2.05) is 62.4 Å². The fourth-order valence-electron chi connectivity index (χ4n) is 4.04. The van der Waals surface area contributed by atoms with E-state index in [4.69, 9.17) is 4.74 Å². The highest BCUT2D eigenvalue weighted by atomic mass is 16.5. The highest BCUT2D eigenvalue weighted by Gasteiger charge is 2.28. The number of hydrogen-bond donors (Lipinski definition) is 1.